The number of rotatable bonds is 1. The fourth-order valence-corrected chi connectivity index (χ4v) is 4.98. The summed E-state index contributed by atoms with van der Waals surface area (Å²) in [5.41, 5.74) is 1.07. The van der Waals surface area contributed by atoms with Gasteiger partial charge in [0.05, 0.1) is 18.1 Å². The van der Waals surface area contributed by atoms with Crippen LogP contribution in [-0.4, -0.2) is 24.7 Å². The van der Waals surface area contributed by atoms with Gasteiger partial charge in [0.25, 0.3) is 0 Å². The van der Waals surface area contributed by atoms with E-state index >= 15 is 0 Å². The summed E-state index contributed by atoms with van der Waals surface area (Å²) in [4.78, 5) is 8.03. The average molecular weight is 218 g/mol. The zero-order chi connectivity index (χ0) is 10.9. The quantitative estimate of drug-likeness (QED) is 0.674. The molecule has 0 bridgehead atoms. The van der Waals surface area contributed by atoms with Crippen LogP contribution in [0.25, 0.3) is 0 Å². The number of anilines is 1. The minimum atomic E-state index is -1.27. The van der Waals surface area contributed by atoms with E-state index in [1.54, 1.807) is 12.4 Å². The Labute approximate surface area is 90.7 Å². The SMILES string of the molecule is C[Si]1(C)CCCN1c1cnc(C#N)nc1. The molecule has 0 atom stereocenters. The topological polar surface area (TPSA) is 52.8 Å². The highest BCUT2D eigenvalue weighted by atomic mass is 28.3. The molecule has 15 heavy (non-hydrogen) atoms. The van der Waals surface area contributed by atoms with Crippen molar-refractivity contribution in [2.24, 2.45) is 0 Å². The zero-order valence-corrected chi connectivity index (χ0v) is 10.1. The Balaban J connectivity index is 2.27. The summed E-state index contributed by atoms with van der Waals surface area (Å²) in [6, 6.07) is 3.26. The zero-order valence-electron chi connectivity index (χ0n) is 9.06. The first kappa shape index (κ1) is 10.1. The van der Waals surface area contributed by atoms with Gasteiger partial charge in [-0.25, -0.2) is 9.97 Å². The minimum Gasteiger partial charge on any atom is -0.395 e. The van der Waals surface area contributed by atoms with Crippen LogP contribution >= 0.6 is 0 Å². The summed E-state index contributed by atoms with van der Waals surface area (Å²) in [6.45, 7) is 5.82. The van der Waals surface area contributed by atoms with Crippen molar-refractivity contribution in [1.82, 2.24) is 9.97 Å². The van der Waals surface area contributed by atoms with E-state index in [1.807, 2.05) is 6.07 Å². The van der Waals surface area contributed by atoms with Crippen molar-refractivity contribution in [1.29, 1.82) is 5.26 Å². The Morgan fingerprint density at radius 3 is 2.53 bits per heavy atom. The van der Waals surface area contributed by atoms with E-state index in [9.17, 15) is 0 Å². The number of hydrogen-bond donors (Lipinski definition) is 0. The second kappa shape index (κ2) is 3.63. The molecule has 4 nitrogen and oxygen atoms in total. The molecule has 1 saturated heterocycles. The van der Waals surface area contributed by atoms with Crippen molar-refractivity contribution in [2.45, 2.75) is 25.6 Å². The Hall–Kier alpha value is -1.41. The highest BCUT2D eigenvalue weighted by Crippen LogP contribution is 2.30. The highest BCUT2D eigenvalue weighted by molar-refractivity contribution is 6.81. The van der Waals surface area contributed by atoms with Gasteiger partial charge < -0.3 is 4.57 Å². The molecule has 0 spiro atoms. The van der Waals surface area contributed by atoms with Gasteiger partial charge in [0.2, 0.25) is 5.82 Å². The van der Waals surface area contributed by atoms with Crippen LogP contribution in [0.2, 0.25) is 19.1 Å². The van der Waals surface area contributed by atoms with Crippen LogP contribution in [0, 0.1) is 11.3 Å². The standard InChI is InChI=1S/C10H14N4Si/c1-15(2)5-3-4-14(15)9-7-12-10(6-11)13-8-9/h7-8H,3-5H2,1-2H3. The predicted molar refractivity (Wildman–Crippen MR) is 61.0 cm³/mol. The number of nitriles is 1. The third kappa shape index (κ3) is 1.85. The molecule has 0 aliphatic carbocycles. The lowest BCUT2D eigenvalue weighted by atomic mass is 10.4. The third-order valence-electron chi connectivity index (χ3n) is 2.95. The van der Waals surface area contributed by atoms with Crippen LogP contribution in [0.15, 0.2) is 12.4 Å². The van der Waals surface area contributed by atoms with Gasteiger partial charge in [-0.2, -0.15) is 5.26 Å². The molecule has 1 fully saturated rings. The van der Waals surface area contributed by atoms with Crippen molar-refractivity contribution in [3.8, 4) is 6.07 Å². The average Bonchev–Trinajstić information content (AvgIpc) is 2.58. The Morgan fingerprint density at radius 2 is 2.07 bits per heavy atom. The normalized spacial score (nSPS) is 18.9. The van der Waals surface area contributed by atoms with Gasteiger partial charge in [-0.3, -0.25) is 0 Å². The minimum absolute atomic E-state index is 0.248. The maximum absolute atomic E-state index is 8.62. The predicted octanol–water partition coefficient (Wildman–Crippen LogP) is 1.76. The van der Waals surface area contributed by atoms with E-state index in [0.29, 0.717) is 0 Å². The molecule has 0 radical (unpaired) electrons. The van der Waals surface area contributed by atoms with Gasteiger partial charge in [-0.15, -0.1) is 0 Å². The first-order chi connectivity index (χ1) is 7.13. The first-order valence-electron chi connectivity index (χ1n) is 5.13. The molecule has 2 heterocycles. The molecule has 5 heteroatoms. The van der Waals surface area contributed by atoms with E-state index in [2.05, 4.69) is 27.6 Å². The molecular formula is C10H14N4Si. The fraction of sp³-hybridized carbons (Fsp3) is 0.500. The fourth-order valence-electron chi connectivity index (χ4n) is 2.10. The van der Waals surface area contributed by atoms with E-state index in [4.69, 9.17) is 5.26 Å². The maximum atomic E-state index is 8.62. The van der Waals surface area contributed by atoms with Crippen molar-refractivity contribution in [3.05, 3.63) is 18.2 Å². The van der Waals surface area contributed by atoms with Crippen LogP contribution in [0.1, 0.15) is 12.2 Å². The summed E-state index contributed by atoms with van der Waals surface area (Å²) in [5.74, 6) is 0.248. The summed E-state index contributed by atoms with van der Waals surface area (Å²) in [6.07, 6.45) is 4.80. The van der Waals surface area contributed by atoms with Gasteiger partial charge in [0.1, 0.15) is 6.07 Å². The van der Waals surface area contributed by atoms with Crippen LogP contribution in [0.3, 0.4) is 0 Å². The summed E-state index contributed by atoms with van der Waals surface area (Å²) >= 11 is 0. The third-order valence-corrected chi connectivity index (χ3v) is 6.47. The largest absolute Gasteiger partial charge is 0.395 e. The Bertz CT molecular complexity index is 393. The van der Waals surface area contributed by atoms with Crippen LogP contribution in [-0.2, 0) is 0 Å². The molecule has 0 aromatic carbocycles. The van der Waals surface area contributed by atoms with Crippen LogP contribution in [0.5, 0.6) is 0 Å². The summed E-state index contributed by atoms with van der Waals surface area (Å²) in [5, 5.41) is 8.62. The molecule has 1 aliphatic heterocycles. The molecule has 0 unspecified atom stereocenters. The molecule has 0 N–H and O–H groups in total. The lowest BCUT2D eigenvalue weighted by Gasteiger charge is -2.31. The van der Waals surface area contributed by atoms with Gasteiger partial charge in [0.15, 0.2) is 8.24 Å². The molecule has 1 aliphatic rings. The summed E-state index contributed by atoms with van der Waals surface area (Å²) < 4.78 is 2.44. The van der Waals surface area contributed by atoms with Gasteiger partial charge in [-0.1, -0.05) is 13.1 Å². The lowest BCUT2D eigenvalue weighted by molar-refractivity contribution is 0.968. The van der Waals surface area contributed by atoms with Crippen molar-refractivity contribution in [3.63, 3.8) is 0 Å². The molecule has 1 aromatic rings. The van der Waals surface area contributed by atoms with Gasteiger partial charge in [0, 0.05) is 6.54 Å². The first-order valence-corrected chi connectivity index (χ1v) is 8.29. The second-order valence-electron chi connectivity index (χ2n) is 4.44. The number of nitrogens with zero attached hydrogens (tertiary/aromatic N) is 4. The number of hydrogen-bond acceptors (Lipinski definition) is 4. The van der Waals surface area contributed by atoms with Gasteiger partial charge >= 0.3 is 0 Å². The monoisotopic (exact) mass is 218 g/mol. The summed E-state index contributed by atoms with van der Waals surface area (Å²) in [7, 11) is -1.27. The van der Waals surface area contributed by atoms with Crippen LogP contribution < -0.4 is 4.57 Å². The van der Waals surface area contributed by atoms with E-state index in [0.717, 1.165) is 12.2 Å². The smallest absolute Gasteiger partial charge is 0.232 e. The molecular weight excluding hydrogens is 204 g/mol. The Morgan fingerprint density at radius 1 is 1.40 bits per heavy atom. The van der Waals surface area contributed by atoms with Crippen LogP contribution in [0.4, 0.5) is 5.69 Å². The van der Waals surface area contributed by atoms with E-state index in [1.165, 1.54) is 12.5 Å². The molecule has 2 rings (SSSR count). The number of aromatic nitrogens is 2. The second-order valence-corrected chi connectivity index (χ2v) is 9.11. The van der Waals surface area contributed by atoms with Crippen molar-refractivity contribution in [2.75, 3.05) is 11.1 Å². The molecule has 0 amide bonds. The molecule has 78 valence electrons. The maximum Gasteiger partial charge on any atom is 0.232 e. The van der Waals surface area contributed by atoms with Gasteiger partial charge in [-0.05, 0) is 12.5 Å². The highest BCUT2D eigenvalue weighted by Gasteiger charge is 2.34. The molecule has 1 aromatic heterocycles. The van der Waals surface area contributed by atoms with E-state index < -0.39 is 8.24 Å². The lowest BCUT2D eigenvalue weighted by Crippen LogP contribution is -2.43. The van der Waals surface area contributed by atoms with Crippen molar-refractivity contribution >= 4 is 13.9 Å². The van der Waals surface area contributed by atoms with Crippen molar-refractivity contribution < 1.29 is 0 Å². The molecule has 0 saturated carbocycles. The van der Waals surface area contributed by atoms with E-state index in [-0.39, 0.29) is 5.82 Å². The Kier molecular flexibility index (Phi) is 2.45.